The van der Waals surface area contributed by atoms with Crippen molar-refractivity contribution < 1.29 is 9.94 Å². The summed E-state index contributed by atoms with van der Waals surface area (Å²) in [4.78, 5) is 31.4. The minimum absolute atomic E-state index is 0.00807. The van der Waals surface area contributed by atoms with Crippen molar-refractivity contribution in [3.63, 3.8) is 0 Å². The van der Waals surface area contributed by atoms with Gasteiger partial charge in [0, 0.05) is 24.7 Å². The lowest BCUT2D eigenvalue weighted by Gasteiger charge is -2.19. The molecule has 2 atom stereocenters. The van der Waals surface area contributed by atoms with Crippen molar-refractivity contribution in [2.45, 2.75) is 39.5 Å². The molecule has 7 heteroatoms. The van der Waals surface area contributed by atoms with Crippen molar-refractivity contribution in [1.82, 2.24) is 14.6 Å². The number of hydrogen-bond donors (Lipinski definition) is 2. The monoisotopic (exact) mass is 295 g/mol. The number of allylic oxidation sites excluding steroid dienone is 1. The number of β-amino-alcohol motifs (C(OH)–C–C–N with tert-alkyl or cyclic N) is 1. The fourth-order valence-corrected chi connectivity index (χ4v) is 2.42. The Bertz CT molecular complexity index is 642. The van der Waals surface area contributed by atoms with Crippen molar-refractivity contribution in [2.75, 3.05) is 13.2 Å². The minimum atomic E-state index is -0.489. The minimum Gasteiger partial charge on any atom is -0.395 e. The molecule has 1 aromatic rings. The zero-order valence-corrected chi connectivity index (χ0v) is 12.5. The Labute approximate surface area is 122 Å². The van der Waals surface area contributed by atoms with Crippen LogP contribution in [0.2, 0.25) is 0 Å². The van der Waals surface area contributed by atoms with Crippen LogP contribution in [0.4, 0.5) is 0 Å². The average Bonchev–Trinajstić information content (AvgIpc) is 2.76. The molecule has 7 nitrogen and oxygen atoms in total. The van der Waals surface area contributed by atoms with E-state index in [1.54, 1.807) is 12.0 Å². The number of aromatic amines is 1. The third kappa shape index (κ3) is 3.49. The molecule has 116 valence electrons. The molecule has 2 N–H and O–H groups in total. The number of aliphatic hydroxyl groups excluding tert-OH is 1. The molecule has 1 aliphatic heterocycles. The zero-order chi connectivity index (χ0) is 15.6. The van der Waals surface area contributed by atoms with Gasteiger partial charge in [0.05, 0.1) is 12.6 Å². The van der Waals surface area contributed by atoms with E-state index in [1.165, 1.54) is 10.8 Å². The summed E-state index contributed by atoms with van der Waals surface area (Å²) in [6.45, 7) is 5.95. The van der Waals surface area contributed by atoms with Crippen LogP contribution in [0.15, 0.2) is 27.4 Å². The molecular weight excluding hydrogens is 274 g/mol. The van der Waals surface area contributed by atoms with E-state index >= 15 is 0 Å². The van der Waals surface area contributed by atoms with Gasteiger partial charge in [0.25, 0.3) is 5.56 Å². The first-order valence-corrected chi connectivity index (χ1v) is 6.93. The van der Waals surface area contributed by atoms with Gasteiger partial charge in [-0.05, 0) is 20.8 Å². The van der Waals surface area contributed by atoms with E-state index in [4.69, 9.17) is 9.94 Å². The number of aromatic nitrogens is 2. The van der Waals surface area contributed by atoms with Gasteiger partial charge in [-0.15, -0.1) is 0 Å². The number of hydroxylamine groups is 2. The summed E-state index contributed by atoms with van der Waals surface area (Å²) in [5.41, 5.74) is 0.717. The maximum Gasteiger partial charge on any atom is 0.330 e. The molecule has 2 rings (SSSR count). The van der Waals surface area contributed by atoms with Gasteiger partial charge in [0.1, 0.15) is 0 Å². The molecule has 0 unspecified atom stereocenters. The summed E-state index contributed by atoms with van der Waals surface area (Å²) in [6, 6.07) is -0.00807. The van der Waals surface area contributed by atoms with Crippen molar-refractivity contribution in [2.24, 2.45) is 0 Å². The van der Waals surface area contributed by atoms with Crippen LogP contribution in [-0.2, 0) is 4.84 Å². The standard InChI is InChI=1S/C14H21N3O4/c1-9(2)6-11-7-12(21-17(11)4-5-18)16-8-10(3)13(19)15-14(16)20/h6,8,11-12,18H,4-5,7H2,1-3H3,(H,15,19,20)/t11-,12-/m1/s1. The predicted octanol–water partition coefficient (Wildman–Crippen LogP) is 0.308. The van der Waals surface area contributed by atoms with E-state index in [0.717, 1.165) is 5.57 Å². The summed E-state index contributed by atoms with van der Waals surface area (Å²) in [6.07, 6.45) is 3.64. The number of nitrogens with one attached hydrogen (secondary N) is 1. The zero-order valence-electron chi connectivity index (χ0n) is 12.5. The summed E-state index contributed by atoms with van der Waals surface area (Å²) in [5, 5.41) is 10.8. The highest BCUT2D eigenvalue weighted by molar-refractivity contribution is 5.05. The van der Waals surface area contributed by atoms with Crippen LogP contribution in [0, 0.1) is 6.92 Å². The molecule has 1 fully saturated rings. The van der Waals surface area contributed by atoms with Crippen molar-refractivity contribution >= 4 is 0 Å². The average molecular weight is 295 g/mol. The lowest BCUT2D eigenvalue weighted by Crippen LogP contribution is -2.34. The molecule has 21 heavy (non-hydrogen) atoms. The molecule has 0 radical (unpaired) electrons. The molecule has 0 spiro atoms. The molecule has 0 amide bonds. The van der Waals surface area contributed by atoms with Crippen LogP contribution in [0.1, 0.15) is 32.1 Å². The van der Waals surface area contributed by atoms with Gasteiger partial charge in [-0.25, -0.2) is 4.79 Å². The molecule has 2 heterocycles. The van der Waals surface area contributed by atoms with Crippen LogP contribution in [0.5, 0.6) is 0 Å². The number of H-pyrrole nitrogens is 1. The van der Waals surface area contributed by atoms with Crippen LogP contribution in [0.25, 0.3) is 0 Å². The Morgan fingerprint density at radius 3 is 2.86 bits per heavy atom. The van der Waals surface area contributed by atoms with Gasteiger partial charge < -0.3 is 5.11 Å². The number of rotatable bonds is 4. The maximum atomic E-state index is 11.9. The Morgan fingerprint density at radius 1 is 1.52 bits per heavy atom. The third-order valence-electron chi connectivity index (χ3n) is 3.37. The molecule has 1 aromatic heterocycles. The van der Waals surface area contributed by atoms with E-state index in [1.807, 2.05) is 19.9 Å². The summed E-state index contributed by atoms with van der Waals surface area (Å²) in [7, 11) is 0. The van der Waals surface area contributed by atoms with E-state index in [-0.39, 0.29) is 18.2 Å². The van der Waals surface area contributed by atoms with Gasteiger partial charge in [0.2, 0.25) is 0 Å². The van der Waals surface area contributed by atoms with E-state index < -0.39 is 11.9 Å². The molecule has 0 bridgehead atoms. The van der Waals surface area contributed by atoms with Crippen molar-refractivity contribution in [3.8, 4) is 0 Å². The first-order valence-electron chi connectivity index (χ1n) is 6.93. The van der Waals surface area contributed by atoms with Crippen molar-refractivity contribution in [3.05, 3.63) is 44.2 Å². The fraction of sp³-hybridized carbons (Fsp3) is 0.571. The number of hydrogen-bond acceptors (Lipinski definition) is 5. The third-order valence-corrected chi connectivity index (χ3v) is 3.37. The van der Waals surface area contributed by atoms with E-state index in [0.29, 0.717) is 18.5 Å². The highest BCUT2D eigenvalue weighted by Gasteiger charge is 2.33. The van der Waals surface area contributed by atoms with Gasteiger partial charge in [0.15, 0.2) is 6.23 Å². The van der Waals surface area contributed by atoms with Gasteiger partial charge in [-0.2, -0.15) is 5.06 Å². The van der Waals surface area contributed by atoms with Crippen LogP contribution in [0.3, 0.4) is 0 Å². The Hall–Kier alpha value is -1.70. The topological polar surface area (TPSA) is 87.6 Å². The SMILES string of the molecule is CC(C)=C[C@@H]1C[C@H](n2cc(C)c(=O)[nH]c2=O)ON1CCO. The van der Waals surface area contributed by atoms with Gasteiger partial charge in [-0.1, -0.05) is 11.6 Å². The summed E-state index contributed by atoms with van der Waals surface area (Å²) < 4.78 is 1.39. The molecule has 0 aromatic carbocycles. The summed E-state index contributed by atoms with van der Waals surface area (Å²) >= 11 is 0. The highest BCUT2D eigenvalue weighted by atomic mass is 16.7. The predicted molar refractivity (Wildman–Crippen MR) is 77.8 cm³/mol. The second kappa shape index (κ2) is 6.38. The Morgan fingerprint density at radius 2 is 2.24 bits per heavy atom. The lowest BCUT2D eigenvalue weighted by molar-refractivity contribution is -0.182. The number of nitrogens with zero attached hydrogens (tertiary/aromatic N) is 2. The highest BCUT2D eigenvalue weighted by Crippen LogP contribution is 2.29. The molecular formula is C14H21N3O4. The molecule has 1 aliphatic rings. The smallest absolute Gasteiger partial charge is 0.330 e. The van der Waals surface area contributed by atoms with Crippen LogP contribution in [-0.4, -0.2) is 38.9 Å². The normalized spacial score (nSPS) is 22.5. The second-order valence-corrected chi connectivity index (χ2v) is 5.45. The molecule has 1 saturated heterocycles. The molecule has 0 saturated carbocycles. The first kappa shape index (κ1) is 15.7. The lowest BCUT2D eigenvalue weighted by atomic mass is 10.1. The number of aliphatic hydroxyl groups is 1. The first-order chi connectivity index (χ1) is 9.92. The maximum absolute atomic E-state index is 11.9. The largest absolute Gasteiger partial charge is 0.395 e. The fourth-order valence-electron chi connectivity index (χ4n) is 2.42. The van der Waals surface area contributed by atoms with E-state index in [9.17, 15) is 9.59 Å². The van der Waals surface area contributed by atoms with Gasteiger partial charge in [-0.3, -0.25) is 19.2 Å². The number of aryl methyl sites for hydroxylation is 1. The Kier molecular flexibility index (Phi) is 4.76. The van der Waals surface area contributed by atoms with Crippen LogP contribution >= 0.6 is 0 Å². The van der Waals surface area contributed by atoms with Crippen LogP contribution < -0.4 is 11.2 Å². The van der Waals surface area contributed by atoms with Gasteiger partial charge >= 0.3 is 5.69 Å². The Balaban J connectivity index is 2.30. The van der Waals surface area contributed by atoms with E-state index in [2.05, 4.69) is 4.98 Å². The quantitative estimate of drug-likeness (QED) is 0.781. The molecule has 0 aliphatic carbocycles. The van der Waals surface area contributed by atoms with Crippen molar-refractivity contribution in [1.29, 1.82) is 0 Å². The summed E-state index contributed by atoms with van der Waals surface area (Å²) in [5.74, 6) is 0. The second-order valence-electron chi connectivity index (χ2n) is 5.45.